The Morgan fingerprint density at radius 3 is 1.10 bits per heavy atom. The van der Waals surface area contributed by atoms with E-state index in [2.05, 4.69) is 170 Å². The predicted octanol–water partition coefficient (Wildman–Crippen LogP) is 31.7. The van der Waals surface area contributed by atoms with Crippen molar-refractivity contribution in [2.75, 3.05) is 93.0 Å². The third kappa shape index (κ3) is 75.6. The molecule has 0 aromatic carbocycles. The topological polar surface area (TPSA) is 339 Å². The van der Waals surface area contributed by atoms with Crippen molar-refractivity contribution < 1.29 is 126 Å². The molecule has 143 heavy (non-hydrogen) atoms. The van der Waals surface area contributed by atoms with Crippen molar-refractivity contribution in [3.8, 4) is 0 Å². The number of cyclic esters (lactones) is 2. The van der Waals surface area contributed by atoms with Gasteiger partial charge in [0.25, 0.3) is 0 Å². The van der Waals surface area contributed by atoms with Crippen molar-refractivity contribution in [2.45, 2.75) is 416 Å². The fraction of sp³-hybridized carbons (Fsp3) is 0.836. The Labute approximate surface area is 871 Å². The fourth-order valence-corrected chi connectivity index (χ4v) is 27.1. The molecule has 0 radical (unpaired) electrons. The quantitative estimate of drug-likeness (QED) is 0.0504. The zero-order chi connectivity index (χ0) is 111. The smallest absolute Gasteiger partial charge is 0.340 e. The number of aliphatic hydroxyl groups is 1. The summed E-state index contributed by atoms with van der Waals surface area (Å²) in [5.41, 5.74) is 0.508. The van der Waals surface area contributed by atoms with E-state index in [-0.39, 0.29) is 61.1 Å². The van der Waals surface area contributed by atoms with E-state index < -0.39 is 50.5 Å². The highest BCUT2D eigenvalue weighted by Gasteiger charge is 2.41. The molecular weight excluding hydrogens is 1940 g/mol. The van der Waals surface area contributed by atoms with E-state index in [0.29, 0.717) is 96.5 Å². The number of ether oxygens (including phenoxy) is 10. The minimum atomic E-state index is -3.64. The first-order valence-electron chi connectivity index (χ1n) is 53.0. The molecule has 2 saturated carbocycles. The Kier molecular flexibility index (Phi) is 72.9. The van der Waals surface area contributed by atoms with E-state index in [1.165, 1.54) is 77.7 Å². The highest BCUT2D eigenvalue weighted by atomic mass is 31.3. The van der Waals surface area contributed by atoms with Crippen molar-refractivity contribution in [3.05, 3.63) is 85.7 Å². The molecule has 842 valence electrons. The normalized spacial score (nSPS) is 25.3. The Balaban J connectivity index is -0.00000148. The van der Waals surface area contributed by atoms with Gasteiger partial charge < -0.3 is 66.0 Å². The summed E-state index contributed by atoms with van der Waals surface area (Å²) >= 11 is 0. The number of ketones is 2. The molecule has 15 atom stereocenters. The zero-order valence-corrected chi connectivity index (χ0v) is 102. The molecule has 0 aromatic rings. The summed E-state index contributed by atoms with van der Waals surface area (Å²) < 4.78 is 150. The van der Waals surface area contributed by atoms with Crippen molar-refractivity contribution in [1.82, 2.24) is 0 Å². The van der Waals surface area contributed by atoms with Crippen LogP contribution in [0.25, 0.3) is 0 Å². The largest absolute Gasteiger partial charge is 0.499 e. The predicted molar refractivity (Wildman–Crippen MR) is 590 cm³/mol. The molecular formula is C110H210O27P6. The molecule has 0 aromatic heterocycles. The lowest BCUT2D eigenvalue weighted by Gasteiger charge is -2.36. The van der Waals surface area contributed by atoms with Crippen LogP contribution in [0.4, 0.5) is 0 Å². The van der Waals surface area contributed by atoms with Crippen LogP contribution in [-0.2, 0) is 120 Å². The van der Waals surface area contributed by atoms with Gasteiger partial charge in [0.2, 0.25) is 14.7 Å². The maximum absolute atomic E-state index is 11.8. The van der Waals surface area contributed by atoms with Crippen LogP contribution in [0.3, 0.4) is 0 Å². The van der Waals surface area contributed by atoms with E-state index in [0.717, 1.165) is 206 Å². The van der Waals surface area contributed by atoms with Crippen LogP contribution in [0.1, 0.15) is 355 Å². The molecule has 33 heteroatoms. The second kappa shape index (κ2) is 72.7. The maximum atomic E-state index is 11.8. The van der Waals surface area contributed by atoms with Crippen LogP contribution < -0.4 is 0 Å². The monoisotopic (exact) mass is 2150 g/mol. The summed E-state index contributed by atoms with van der Waals surface area (Å²) in [4.78, 5) is 44.2. The molecule has 0 bridgehead atoms. The Morgan fingerprint density at radius 2 is 0.811 bits per heavy atom. The lowest BCUT2D eigenvalue weighted by Crippen LogP contribution is -2.44. The van der Waals surface area contributed by atoms with Gasteiger partial charge in [-0.3, -0.25) is 55.2 Å². The van der Waals surface area contributed by atoms with Gasteiger partial charge in [-0.2, -0.15) is 0 Å². The van der Waals surface area contributed by atoms with Gasteiger partial charge in [-0.05, 0) is 218 Å². The van der Waals surface area contributed by atoms with E-state index in [4.69, 9.17) is 73.9 Å². The molecule has 11 aliphatic rings. The Morgan fingerprint density at radius 1 is 0.378 bits per heavy atom. The molecule has 9 saturated heterocycles. The van der Waals surface area contributed by atoms with Gasteiger partial charge >= 0.3 is 34.7 Å². The average Bonchev–Trinajstić information content (AvgIpc) is 1.58. The van der Waals surface area contributed by atoms with Gasteiger partial charge in [0, 0.05) is 142 Å². The minimum absolute atomic E-state index is 0.0232. The molecule has 27 nitrogen and oxygen atoms in total. The SMILES string of the molecule is C=C1CC(C(C)C)CCO1.C=C1CC(C(C)C)CO1.C=C1CC(C(C)C)O1.C=C1CCC(C(C)C)CO1.C=C1CCC(C(C)C)O1.C=C1OCC1C=C(C)C.CC(C)C1CCCC(=O)O1.CC(C)C1CCCC1=O.CC(C)C1CCCCC1=O.CC(C)OC1CCCCO1.CC(C)OP(C)(=O)OP(C)(=O)OP(C)(C)=O.CC(C)OP(C)(=O)OP(C)(C)=O.CC(C)OP(C)(C)=O.CCC1(O)CC(=O)OC(C(C)C)C1. The molecule has 1 N–H and O–H groups in total. The Bertz CT molecular complexity index is 3920. The van der Waals surface area contributed by atoms with Gasteiger partial charge in [-0.1, -0.05) is 189 Å². The van der Waals surface area contributed by atoms with Crippen molar-refractivity contribution in [3.63, 3.8) is 0 Å². The van der Waals surface area contributed by atoms with Crippen molar-refractivity contribution >= 4 is 68.4 Å². The zero-order valence-electron chi connectivity index (χ0n) is 96.9. The fourth-order valence-electron chi connectivity index (χ4n) is 15.9. The Hall–Kier alpha value is -3.72. The van der Waals surface area contributed by atoms with Gasteiger partial charge in [-0.15, -0.1) is 0 Å². The second-order valence-electron chi connectivity index (χ2n) is 45.0. The molecule has 11 fully saturated rings. The third-order valence-electron chi connectivity index (χ3n) is 24.1. The number of Topliss-reactive ketones (excluding diaryl/α,β-unsaturated/α-hetero) is 2. The average molecular weight is 2150 g/mol. The van der Waals surface area contributed by atoms with Gasteiger partial charge in [0.1, 0.15) is 42.6 Å². The van der Waals surface area contributed by atoms with Crippen LogP contribution in [0.5, 0.6) is 0 Å². The first-order chi connectivity index (χ1) is 65.4. The summed E-state index contributed by atoms with van der Waals surface area (Å²) in [6.07, 6.45) is 27.0. The highest BCUT2D eigenvalue weighted by Crippen LogP contribution is 2.67. The molecule has 2 aliphatic carbocycles. The first-order valence-corrected chi connectivity index (χ1v) is 66.5. The van der Waals surface area contributed by atoms with Gasteiger partial charge in [0.05, 0.1) is 96.7 Å². The number of allylic oxidation sites excluding steroid dienone is 5. The molecule has 9 heterocycles. The van der Waals surface area contributed by atoms with Crippen molar-refractivity contribution in [2.24, 2.45) is 88.8 Å². The molecule has 11 rings (SSSR count). The second-order valence-corrected chi connectivity index (χ2v) is 59.7. The number of hydrogen-bond acceptors (Lipinski definition) is 27. The van der Waals surface area contributed by atoms with E-state index in [9.17, 15) is 51.7 Å². The number of hydrogen-bond donors (Lipinski definition) is 1. The number of carbonyl (C=O) groups excluding carboxylic acids is 4. The number of rotatable bonds is 25. The van der Waals surface area contributed by atoms with Gasteiger partial charge in [0.15, 0.2) is 13.7 Å². The van der Waals surface area contributed by atoms with Crippen LogP contribution in [0.15, 0.2) is 85.7 Å². The molecule has 0 spiro atoms. The molecule has 9 aliphatic heterocycles. The van der Waals surface area contributed by atoms with Crippen LogP contribution in [0, 0.1) is 88.8 Å². The first kappa shape index (κ1) is 143. The van der Waals surface area contributed by atoms with Crippen LogP contribution in [0.2, 0.25) is 0 Å². The molecule has 15 unspecified atom stereocenters. The summed E-state index contributed by atoms with van der Waals surface area (Å²) in [5.74, 6) is 15.5. The number of carbonyl (C=O) groups is 4. The summed E-state index contributed by atoms with van der Waals surface area (Å²) in [7, 11) is -18.2. The standard InChI is InChI=1S/C10H18O3.3C9H16O.C8H16O2.C8H14O2.C8H14O.C8H12O.2C8H14O.C7H19O6P3.C7H12O.C6H16O4P2.C5H13O2P/c1-4-10(12)5-8(7(2)3)13-9(11)6-10;1-7(2)9-4-5-10-8(3)6-9;1-7(2)9-5-4-8(3)10-6-9;1-7(2)8-5-3-4-6-9(8)10;1-7(2)10-8-5-3-4-6-9-8;1-6(2)7-4-3-5-8(9)10-7;1-6(2)8-4-7(3)9-5-8;1-6(2)4-8-5-9-7(8)3;1-6(2)8-5-4-7(3)9-8;1-6(2)7-4-3-5-8(7)9;1-7(2)11-15(5,9)13-16(6,10)12-14(3,4)8;1-5(2)7-4-6(3)8-7;1-6(2)9-12(5,8)10-11(3,4)7;1-5(2)7-8(3,4)6/h7-8,12H,4-6H2,1-3H3;2*7,9H,3-6H2,1-2H3;2*7-8H,3-6H2,1-2H3;6-7H,3-5H2,1-2H3;6,8H,3-5H2,1-2H3;4,8H,3,5H2,1-2H3;6,8H,3-5H2,1-2H3;6-7H,3-5H2,1-2H3;7H,1-6H3;5,7H,3-4H2,1-2H3;6H,1-5H3;5H,1-4H3. The summed E-state index contributed by atoms with van der Waals surface area (Å²) in [6.45, 7) is 98.8. The lowest BCUT2D eigenvalue weighted by atomic mass is 9.81. The van der Waals surface area contributed by atoms with Crippen LogP contribution >= 0.6 is 44.9 Å². The van der Waals surface area contributed by atoms with Crippen molar-refractivity contribution in [1.29, 1.82) is 0 Å². The minimum Gasteiger partial charge on any atom is -0.499 e. The van der Waals surface area contributed by atoms with Crippen LogP contribution in [-0.4, -0.2) is 182 Å². The maximum Gasteiger partial charge on any atom is 0.340 e. The van der Waals surface area contributed by atoms with E-state index >= 15 is 0 Å². The van der Waals surface area contributed by atoms with Gasteiger partial charge in [-0.25, -0.2) is 4.31 Å². The number of esters is 2. The van der Waals surface area contributed by atoms with E-state index in [1.54, 1.807) is 41.0 Å². The highest BCUT2D eigenvalue weighted by molar-refractivity contribution is 7.73. The molecule has 0 amide bonds. The summed E-state index contributed by atoms with van der Waals surface area (Å²) in [5, 5.41) is 9.97. The lowest BCUT2D eigenvalue weighted by molar-refractivity contribution is -0.180. The third-order valence-corrected chi connectivity index (χ3v) is 34.5. The summed E-state index contributed by atoms with van der Waals surface area (Å²) in [6, 6.07) is 0. The van der Waals surface area contributed by atoms with E-state index in [1.807, 2.05) is 48.5 Å².